The van der Waals surface area contributed by atoms with Gasteiger partial charge in [0.2, 0.25) is 0 Å². The molecule has 0 bridgehead atoms. The third-order valence-electron chi connectivity index (χ3n) is 3.15. The molecule has 5 heteroatoms. The van der Waals surface area contributed by atoms with Gasteiger partial charge in [-0.1, -0.05) is 0 Å². The first-order valence-corrected chi connectivity index (χ1v) is 6.19. The van der Waals surface area contributed by atoms with Gasteiger partial charge < -0.3 is 10.2 Å². The molecular formula is C14H19FN4. The first kappa shape index (κ1) is 13.4. The molecule has 2 rings (SSSR count). The quantitative estimate of drug-likeness (QED) is 0.890. The average molecular weight is 262 g/mol. The van der Waals surface area contributed by atoms with Crippen molar-refractivity contribution in [1.29, 1.82) is 0 Å². The molecule has 102 valence electrons. The van der Waals surface area contributed by atoms with Crippen molar-refractivity contribution in [2.24, 2.45) is 0 Å². The average Bonchev–Trinajstić information content (AvgIpc) is 2.66. The number of rotatable bonds is 4. The number of hydrogen-bond acceptors (Lipinski definition) is 3. The summed E-state index contributed by atoms with van der Waals surface area (Å²) in [6, 6.07) is 4.94. The van der Waals surface area contributed by atoms with Gasteiger partial charge in [-0.05, 0) is 32.0 Å². The van der Waals surface area contributed by atoms with Gasteiger partial charge in [0.1, 0.15) is 5.82 Å². The number of hydrogen-bond donors (Lipinski definition) is 2. The van der Waals surface area contributed by atoms with E-state index in [9.17, 15) is 4.39 Å². The number of nitrogens with zero attached hydrogens (tertiary/aromatic N) is 2. The van der Waals surface area contributed by atoms with E-state index >= 15 is 0 Å². The van der Waals surface area contributed by atoms with E-state index in [1.165, 1.54) is 12.1 Å². The molecule has 0 aliphatic rings. The molecule has 2 aromatic rings. The maximum absolute atomic E-state index is 13.5. The molecule has 0 radical (unpaired) electrons. The molecule has 19 heavy (non-hydrogen) atoms. The number of aryl methyl sites for hydroxylation is 2. The molecule has 0 saturated carbocycles. The van der Waals surface area contributed by atoms with Gasteiger partial charge >= 0.3 is 0 Å². The highest BCUT2D eigenvalue weighted by molar-refractivity contribution is 5.58. The predicted octanol–water partition coefficient (Wildman–Crippen LogP) is 2.84. The Labute approximate surface area is 112 Å². The van der Waals surface area contributed by atoms with Crippen molar-refractivity contribution < 1.29 is 4.39 Å². The second-order valence-corrected chi connectivity index (χ2v) is 4.86. The number of H-pyrrole nitrogens is 1. The van der Waals surface area contributed by atoms with Crippen LogP contribution in [-0.2, 0) is 6.54 Å². The van der Waals surface area contributed by atoms with Gasteiger partial charge in [-0.2, -0.15) is 5.10 Å². The van der Waals surface area contributed by atoms with Gasteiger partial charge in [0, 0.05) is 43.3 Å². The van der Waals surface area contributed by atoms with Crippen molar-refractivity contribution in [3.8, 4) is 0 Å². The molecule has 0 aliphatic carbocycles. The predicted molar refractivity (Wildman–Crippen MR) is 76.1 cm³/mol. The Kier molecular flexibility index (Phi) is 3.74. The smallest absolute Gasteiger partial charge is 0.127 e. The first-order valence-electron chi connectivity index (χ1n) is 6.19. The van der Waals surface area contributed by atoms with Crippen LogP contribution in [0.5, 0.6) is 0 Å². The molecule has 1 heterocycles. The van der Waals surface area contributed by atoms with Crippen LogP contribution in [0.4, 0.5) is 15.8 Å². The van der Waals surface area contributed by atoms with Crippen molar-refractivity contribution in [2.75, 3.05) is 24.3 Å². The lowest BCUT2D eigenvalue weighted by atomic mass is 10.2. The molecule has 0 fully saturated rings. The van der Waals surface area contributed by atoms with Crippen molar-refractivity contribution in [3.63, 3.8) is 0 Å². The lowest BCUT2D eigenvalue weighted by molar-refractivity contribution is 0.628. The third-order valence-corrected chi connectivity index (χ3v) is 3.15. The minimum atomic E-state index is -0.241. The number of aromatic nitrogens is 2. The molecule has 0 spiro atoms. The molecule has 0 atom stereocenters. The molecule has 1 aromatic carbocycles. The Hall–Kier alpha value is -2.04. The molecule has 0 aliphatic heterocycles. The molecule has 0 saturated heterocycles. The van der Waals surface area contributed by atoms with Crippen LogP contribution < -0.4 is 10.2 Å². The maximum Gasteiger partial charge on any atom is 0.127 e. The van der Waals surface area contributed by atoms with Crippen molar-refractivity contribution in [3.05, 3.63) is 41.0 Å². The summed E-state index contributed by atoms with van der Waals surface area (Å²) in [6.07, 6.45) is 0. The third kappa shape index (κ3) is 3.05. The van der Waals surface area contributed by atoms with Crippen molar-refractivity contribution in [1.82, 2.24) is 10.2 Å². The summed E-state index contributed by atoms with van der Waals surface area (Å²) in [5, 5.41) is 10.3. The van der Waals surface area contributed by atoms with Gasteiger partial charge in [-0.25, -0.2) is 4.39 Å². The summed E-state index contributed by atoms with van der Waals surface area (Å²) in [7, 11) is 3.78. The molecular weight excluding hydrogens is 243 g/mol. The van der Waals surface area contributed by atoms with Gasteiger partial charge in [0.25, 0.3) is 0 Å². The fourth-order valence-corrected chi connectivity index (χ4v) is 1.96. The first-order chi connectivity index (χ1) is 8.97. The minimum absolute atomic E-state index is 0.241. The highest BCUT2D eigenvalue weighted by atomic mass is 19.1. The fourth-order valence-electron chi connectivity index (χ4n) is 1.96. The highest BCUT2D eigenvalue weighted by Gasteiger charge is 2.07. The summed E-state index contributed by atoms with van der Waals surface area (Å²) in [6.45, 7) is 4.57. The van der Waals surface area contributed by atoms with Crippen LogP contribution in [0.25, 0.3) is 0 Å². The van der Waals surface area contributed by atoms with Crippen LogP contribution in [0.2, 0.25) is 0 Å². The fraction of sp³-hybridized carbons (Fsp3) is 0.357. The van der Waals surface area contributed by atoms with Crippen molar-refractivity contribution >= 4 is 11.4 Å². The monoisotopic (exact) mass is 262 g/mol. The Bertz CT molecular complexity index is 555. The Balaban J connectivity index is 2.16. The van der Waals surface area contributed by atoms with E-state index in [1.54, 1.807) is 0 Å². The Morgan fingerprint density at radius 3 is 2.58 bits per heavy atom. The number of anilines is 2. The summed E-state index contributed by atoms with van der Waals surface area (Å²) in [5.74, 6) is -0.241. The highest BCUT2D eigenvalue weighted by Crippen LogP contribution is 2.21. The number of benzene rings is 1. The zero-order chi connectivity index (χ0) is 14.0. The molecule has 0 amide bonds. The van der Waals surface area contributed by atoms with Crippen LogP contribution in [0, 0.1) is 19.7 Å². The minimum Gasteiger partial charge on any atom is -0.381 e. The van der Waals surface area contributed by atoms with Gasteiger partial charge in [-0.15, -0.1) is 0 Å². The second kappa shape index (κ2) is 5.30. The zero-order valence-electron chi connectivity index (χ0n) is 11.7. The summed E-state index contributed by atoms with van der Waals surface area (Å²) < 4.78 is 13.5. The lowest BCUT2D eigenvalue weighted by Crippen LogP contribution is -2.10. The van der Waals surface area contributed by atoms with Crippen LogP contribution in [0.3, 0.4) is 0 Å². The standard InChI is InChI=1S/C14H19FN4/c1-9-14(10(2)18-17-9)8-16-12-5-11(15)6-13(7-12)19(3)4/h5-7,16H,8H2,1-4H3,(H,17,18). The normalized spacial score (nSPS) is 10.6. The SMILES string of the molecule is Cc1n[nH]c(C)c1CNc1cc(F)cc(N(C)C)c1. The number of nitrogens with one attached hydrogen (secondary N) is 2. The summed E-state index contributed by atoms with van der Waals surface area (Å²) >= 11 is 0. The van der Waals surface area contributed by atoms with Crippen LogP contribution in [-0.4, -0.2) is 24.3 Å². The van der Waals surface area contributed by atoms with Crippen LogP contribution >= 0.6 is 0 Å². The van der Waals surface area contributed by atoms with Gasteiger partial charge in [0.05, 0.1) is 5.69 Å². The topological polar surface area (TPSA) is 44.0 Å². The Morgan fingerprint density at radius 1 is 1.26 bits per heavy atom. The molecule has 4 nitrogen and oxygen atoms in total. The van der Waals surface area contributed by atoms with E-state index in [1.807, 2.05) is 38.9 Å². The van der Waals surface area contributed by atoms with Gasteiger partial charge in [-0.3, -0.25) is 5.10 Å². The number of halogens is 1. The largest absolute Gasteiger partial charge is 0.381 e. The van der Waals surface area contributed by atoms with Gasteiger partial charge in [0.15, 0.2) is 0 Å². The van der Waals surface area contributed by atoms with E-state index in [-0.39, 0.29) is 5.82 Å². The summed E-state index contributed by atoms with van der Waals surface area (Å²) in [4.78, 5) is 1.88. The van der Waals surface area contributed by atoms with Crippen LogP contribution in [0.1, 0.15) is 17.0 Å². The van der Waals surface area contributed by atoms with E-state index < -0.39 is 0 Å². The zero-order valence-corrected chi connectivity index (χ0v) is 11.7. The number of aromatic amines is 1. The molecule has 0 unspecified atom stereocenters. The van der Waals surface area contributed by atoms with Crippen LogP contribution in [0.15, 0.2) is 18.2 Å². The second-order valence-electron chi connectivity index (χ2n) is 4.86. The lowest BCUT2D eigenvalue weighted by Gasteiger charge is -2.15. The van der Waals surface area contributed by atoms with Crippen molar-refractivity contribution in [2.45, 2.75) is 20.4 Å². The Morgan fingerprint density at radius 2 is 2.00 bits per heavy atom. The summed E-state index contributed by atoms with van der Waals surface area (Å²) in [5.41, 5.74) is 4.73. The van der Waals surface area contributed by atoms with E-state index in [4.69, 9.17) is 0 Å². The molecule has 1 aromatic heterocycles. The van der Waals surface area contributed by atoms with E-state index in [0.29, 0.717) is 6.54 Å². The van der Waals surface area contributed by atoms with E-state index in [2.05, 4.69) is 15.5 Å². The van der Waals surface area contributed by atoms with E-state index in [0.717, 1.165) is 28.3 Å². The maximum atomic E-state index is 13.5. The molecule has 2 N–H and O–H groups in total.